The van der Waals surface area contributed by atoms with Crippen LogP contribution in [0.3, 0.4) is 0 Å². The molecule has 0 N–H and O–H groups in total. The standard InChI is InChI=1S/C15H8ClF2NO2/c16-9-3-1-8(2-4-9)7-19-13-11(18)6-5-10(17)12(13)14(20)15(19)21/h1-6H,7H2. The number of halogens is 3. The number of Topliss-reactive ketones (excluding diaryl/α,β-unsaturated/α-hetero) is 1. The lowest BCUT2D eigenvalue weighted by Gasteiger charge is -2.17. The maximum Gasteiger partial charge on any atom is 0.299 e. The summed E-state index contributed by atoms with van der Waals surface area (Å²) in [4.78, 5) is 24.7. The number of carbonyl (C=O) groups excluding carboxylic acids is 2. The number of carbonyl (C=O) groups is 2. The SMILES string of the molecule is O=C1C(=O)N(Cc2ccc(Cl)cc2)c2c(F)ccc(F)c21. The van der Waals surface area contributed by atoms with Crippen LogP contribution < -0.4 is 4.90 Å². The van der Waals surface area contributed by atoms with Gasteiger partial charge in [-0.05, 0) is 29.8 Å². The number of benzene rings is 2. The van der Waals surface area contributed by atoms with Gasteiger partial charge in [-0.1, -0.05) is 23.7 Å². The minimum absolute atomic E-state index is 0.0326. The molecular weight excluding hydrogens is 300 g/mol. The Labute approximate surface area is 123 Å². The highest BCUT2D eigenvalue weighted by Crippen LogP contribution is 2.34. The maximum atomic E-state index is 13.9. The molecule has 0 saturated carbocycles. The molecule has 0 fully saturated rings. The molecule has 0 radical (unpaired) electrons. The Kier molecular flexibility index (Phi) is 3.22. The third-order valence-electron chi connectivity index (χ3n) is 3.27. The summed E-state index contributed by atoms with van der Waals surface area (Å²) in [5.41, 5.74) is -0.161. The van der Waals surface area contributed by atoms with E-state index in [-0.39, 0.29) is 12.2 Å². The summed E-state index contributed by atoms with van der Waals surface area (Å²) in [5.74, 6) is -3.68. The molecule has 0 aliphatic carbocycles. The average Bonchev–Trinajstić information content (AvgIpc) is 2.71. The summed E-state index contributed by atoms with van der Waals surface area (Å²) in [7, 11) is 0. The summed E-state index contributed by atoms with van der Waals surface area (Å²) in [6.07, 6.45) is 0. The van der Waals surface area contributed by atoms with Gasteiger partial charge in [0.1, 0.15) is 11.6 Å². The summed E-state index contributed by atoms with van der Waals surface area (Å²) < 4.78 is 27.6. The molecular formula is C15H8ClF2NO2. The quantitative estimate of drug-likeness (QED) is 0.798. The van der Waals surface area contributed by atoms with Gasteiger partial charge in [-0.3, -0.25) is 14.5 Å². The molecule has 0 aromatic heterocycles. The van der Waals surface area contributed by atoms with E-state index in [1.807, 2.05) is 0 Å². The lowest BCUT2D eigenvalue weighted by Crippen LogP contribution is -2.29. The largest absolute Gasteiger partial charge is 0.299 e. The minimum Gasteiger partial charge on any atom is -0.297 e. The van der Waals surface area contributed by atoms with Crippen LogP contribution in [-0.4, -0.2) is 11.7 Å². The number of amides is 1. The van der Waals surface area contributed by atoms with Crippen molar-refractivity contribution in [2.75, 3.05) is 4.90 Å². The van der Waals surface area contributed by atoms with Crippen molar-refractivity contribution in [2.45, 2.75) is 6.54 Å². The van der Waals surface area contributed by atoms with Crippen molar-refractivity contribution < 1.29 is 18.4 Å². The molecule has 0 unspecified atom stereocenters. The number of hydrogen-bond acceptors (Lipinski definition) is 2. The van der Waals surface area contributed by atoms with Crippen LogP contribution in [0, 0.1) is 11.6 Å². The first-order valence-electron chi connectivity index (χ1n) is 6.07. The van der Waals surface area contributed by atoms with E-state index in [1.54, 1.807) is 24.3 Å². The Bertz CT molecular complexity index is 759. The normalized spacial score (nSPS) is 13.8. The molecule has 106 valence electrons. The Morgan fingerprint density at radius 1 is 0.952 bits per heavy atom. The highest BCUT2D eigenvalue weighted by molar-refractivity contribution is 6.52. The number of fused-ring (bicyclic) bond motifs is 1. The van der Waals surface area contributed by atoms with Gasteiger partial charge in [-0.25, -0.2) is 8.78 Å². The number of anilines is 1. The van der Waals surface area contributed by atoms with Gasteiger partial charge in [0.05, 0.1) is 17.8 Å². The van der Waals surface area contributed by atoms with E-state index in [1.165, 1.54) is 0 Å². The van der Waals surface area contributed by atoms with E-state index in [0.29, 0.717) is 10.6 Å². The first-order valence-corrected chi connectivity index (χ1v) is 6.45. The van der Waals surface area contributed by atoms with E-state index in [4.69, 9.17) is 11.6 Å². The van der Waals surface area contributed by atoms with E-state index in [9.17, 15) is 18.4 Å². The number of nitrogens with zero attached hydrogens (tertiary/aromatic N) is 1. The van der Waals surface area contributed by atoms with Crippen LogP contribution in [-0.2, 0) is 11.3 Å². The van der Waals surface area contributed by atoms with Crippen LogP contribution in [0.25, 0.3) is 0 Å². The summed E-state index contributed by atoms with van der Waals surface area (Å²) in [5, 5.41) is 0.514. The van der Waals surface area contributed by atoms with E-state index < -0.39 is 28.9 Å². The summed E-state index contributed by atoms with van der Waals surface area (Å²) in [6, 6.07) is 8.26. The van der Waals surface area contributed by atoms with Crippen molar-refractivity contribution in [2.24, 2.45) is 0 Å². The molecule has 1 heterocycles. The Hall–Kier alpha value is -2.27. The van der Waals surface area contributed by atoms with Gasteiger partial charge in [0.15, 0.2) is 0 Å². The van der Waals surface area contributed by atoms with Crippen LogP contribution in [0.2, 0.25) is 5.02 Å². The van der Waals surface area contributed by atoms with Crippen molar-refractivity contribution in [1.82, 2.24) is 0 Å². The van der Waals surface area contributed by atoms with Gasteiger partial charge in [0, 0.05) is 5.02 Å². The van der Waals surface area contributed by atoms with Crippen molar-refractivity contribution >= 4 is 29.0 Å². The smallest absolute Gasteiger partial charge is 0.297 e. The fraction of sp³-hybridized carbons (Fsp3) is 0.0667. The molecule has 0 saturated heterocycles. The molecule has 0 bridgehead atoms. The van der Waals surface area contributed by atoms with Gasteiger partial charge < -0.3 is 0 Å². The van der Waals surface area contributed by atoms with Crippen molar-refractivity contribution in [3.8, 4) is 0 Å². The number of hydrogen-bond donors (Lipinski definition) is 0. The second kappa shape index (κ2) is 4.93. The van der Waals surface area contributed by atoms with Gasteiger partial charge in [-0.2, -0.15) is 0 Å². The molecule has 3 nitrogen and oxygen atoms in total. The zero-order valence-corrected chi connectivity index (χ0v) is 11.3. The first kappa shape index (κ1) is 13.7. The fourth-order valence-electron chi connectivity index (χ4n) is 2.28. The van der Waals surface area contributed by atoms with E-state index in [0.717, 1.165) is 17.0 Å². The molecule has 1 aliphatic heterocycles. The second-order valence-corrected chi connectivity index (χ2v) is 5.04. The lowest BCUT2D eigenvalue weighted by atomic mass is 10.1. The summed E-state index contributed by atoms with van der Waals surface area (Å²) in [6.45, 7) is -0.0326. The molecule has 2 aromatic rings. The third kappa shape index (κ3) is 2.19. The number of rotatable bonds is 2. The third-order valence-corrected chi connectivity index (χ3v) is 3.52. The van der Waals surface area contributed by atoms with E-state index in [2.05, 4.69) is 0 Å². The average molecular weight is 308 g/mol. The molecule has 6 heteroatoms. The predicted octanol–water partition coefficient (Wildman–Crippen LogP) is 3.35. The first-order chi connectivity index (χ1) is 9.99. The van der Waals surface area contributed by atoms with Crippen molar-refractivity contribution in [3.05, 3.63) is 64.2 Å². The summed E-state index contributed by atoms with van der Waals surface area (Å²) >= 11 is 5.76. The van der Waals surface area contributed by atoms with Crippen LogP contribution in [0.5, 0.6) is 0 Å². The molecule has 1 amide bonds. The topological polar surface area (TPSA) is 37.4 Å². The Morgan fingerprint density at radius 2 is 1.57 bits per heavy atom. The lowest BCUT2D eigenvalue weighted by molar-refractivity contribution is -0.114. The fourth-order valence-corrected chi connectivity index (χ4v) is 2.40. The Morgan fingerprint density at radius 3 is 2.24 bits per heavy atom. The predicted molar refractivity (Wildman–Crippen MR) is 73.3 cm³/mol. The zero-order valence-electron chi connectivity index (χ0n) is 10.6. The Balaban J connectivity index is 2.05. The zero-order chi connectivity index (χ0) is 15.1. The van der Waals surface area contributed by atoms with Crippen LogP contribution in [0.4, 0.5) is 14.5 Å². The van der Waals surface area contributed by atoms with Gasteiger partial charge in [0.2, 0.25) is 0 Å². The van der Waals surface area contributed by atoms with Gasteiger partial charge in [0.25, 0.3) is 11.7 Å². The van der Waals surface area contributed by atoms with Crippen LogP contribution in [0.15, 0.2) is 36.4 Å². The molecule has 3 rings (SSSR count). The number of ketones is 1. The molecule has 0 atom stereocenters. The molecule has 0 spiro atoms. The maximum absolute atomic E-state index is 13.9. The van der Waals surface area contributed by atoms with Crippen molar-refractivity contribution in [3.63, 3.8) is 0 Å². The monoisotopic (exact) mass is 307 g/mol. The van der Waals surface area contributed by atoms with Crippen LogP contribution in [0.1, 0.15) is 15.9 Å². The van der Waals surface area contributed by atoms with E-state index >= 15 is 0 Å². The molecule has 1 aliphatic rings. The van der Waals surface area contributed by atoms with Gasteiger partial charge in [-0.15, -0.1) is 0 Å². The molecule has 21 heavy (non-hydrogen) atoms. The van der Waals surface area contributed by atoms with Crippen LogP contribution >= 0.6 is 11.6 Å². The van der Waals surface area contributed by atoms with Gasteiger partial charge >= 0.3 is 0 Å². The van der Waals surface area contributed by atoms with Crippen molar-refractivity contribution in [1.29, 1.82) is 0 Å². The second-order valence-electron chi connectivity index (χ2n) is 4.60. The minimum atomic E-state index is -1.03. The highest BCUT2D eigenvalue weighted by Gasteiger charge is 2.40. The molecule has 2 aromatic carbocycles. The highest BCUT2D eigenvalue weighted by atomic mass is 35.5.